The molecule has 2 nitrogen and oxygen atoms in total. The summed E-state index contributed by atoms with van der Waals surface area (Å²) in [6.45, 7) is 6.65. The number of carboxylic acid groups (broad SMARTS) is 1. The van der Waals surface area contributed by atoms with E-state index in [0.717, 1.165) is 12.8 Å². The molecule has 0 spiro atoms. The first-order valence-electron chi connectivity index (χ1n) is 9.67. The number of allylic oxidation sites excluding steroid dienone is 4. The number of aromatic carboxylic acids is 1. The van der Waals surface area contributed by atoms with Crippen molar-refractivity contribution in [2.75, 3.05) is 0 Å². The molecule has 1 aliphatic rings. The molecule has 1 aliphatic carbocycles. The van der Waals surface area contributed by atoms with Gasteiger partial charge < -0.3 is 9.90 Å². The number of carboxylic acids is 1. The molecular formula is C26H25O2-. The van der Waals surface area contributed by atoms with Crippen LogP contribution in [0.25, 0.3) is 5.57 Å². The van der Waals surface area contributed by atoms with E-state index in [1.54, 1.807) is 18.2 Å². The topological polar surface area (TPSA) is 40.1 Å². The highest BCUT2D eigenvalue weighted by Crippen LogP contribution is 2.44. The van der Waals surface area contributed by atoms with Gasteiger partial charge in [-0.15, -0.1) is 0 Å². The zero-order valence-corrected chi connectivity index (χ0v) is 16.7. The third-order valence-corrected chi connectivity index (χ3v) is 5.37. The molecule has 0 unspecified atom stereocenters. The summed E-state index contributed by atoms with van der Waals surface area (Å²) in [7, 11) is 0. The molecule has 0 atom stereocenters. The fourth-order valence-corrected chi connectivity index (χ4v) is 3.78. The van der Waals surface area contributed by atoms with Gasteiger partial charge in [-0.1, -0.05) is 73.7 Å². The van der Waals surface area contributed by atoms with E-state index in [2.05, 4.69) is 63.0 Å². The van der Waals surface area contributed by atoms with Gasteiger partial charge in [0.2, 0.25) is 0 Å². The first-order valence-corrected chi connectivity index (χ1v) is 9.67. The third-order valence-electron chi connectivity index (χ3n) is 5.37. The summed E-state index contributed by atoms with van der Waals surface area (Å²) >= 11 is 0. The van der Waals surface area contributed by atoms with E-state index in [9.17, 15) is 9.90 Å². The number of carbonyl (C=O) groups is 1. The fourth-order valence-electron chi connectivity index (χ4n) is 3.78. The molecule has 142 valence electrons. The Morgan fingerprint density at radius 2 is 1.82 bits per heavy atom. The molecule has 2 aromatic rings. The van der Waals surface area contributed by atoms with Crippen LogP contribution in [0.3, 0.4) is 0 Å². The monoisotopic (exact) mass is 369 g/mol. The second-order valence-corrected chi connectivity index (χ2v) is 7.93. The van der Waals surface area contributed by atoms with Gasteiger partial charge in [0.05, 0.1) is 5.97 Å². The van der Waals surface area contributed by atoms with Gasteiger partial charge in [0.25, 0.3) is 0 Å². The quantitative estimate of drug-likeness (QED) is 0.720. The number of benzene rings is 2. The minimum atomic E-state index is -1.20. The largest absolute Gasteiger partial charge is 0.545 e. The molecule has 0 radical (unpaired) electrons. The van der Waals surface area contributed by atoms with Gasteiger partial charge in [-0.05, 0) is 66.5 Å². The lowest BCUT2D eigenvalue weighted by Crippen LogP contribution is -2.23. The van der Waals surface area contributed by atoms with Crippen LogP contribution >= 0.6 is 0 Å². The predicted octanol–water partition coefficient (Wildman–Crippen LogP) is 4.93. The maximum atomic E-state index is 11.2. The molecule has 0 amide bonds. The number of rotatable bonds is 3. The molecule has 28 heavy (non-hydrogen) atoms. The molecular weight excluding hydrogens is 344 g/mol. The Kier molecular flexibility index (Phi) is 5.85. The van der Waals surface area contributed by atoms with Crippen molar-refractivity contribution >= 4 is 11.5 Å². The number of hydrogen-bond donors (Lipinski definition) is 0. The van der Waals surface area contributed by atoms with Crippen LogP contribution in [0.5, 0.6) is 0 Å². The summed E-state index contributed by atoms with van der Waals surface area (Å²) in [5, 5.41) is 11.2. The van der Waals surface area contributed by atoms with Crippen molar-refractivity contribution < 1.29 is 9.90 Å². The molecule has 0 aliphatic heterocycles. The zero-order chi connectivity index (χ0) is 20.1. The van der Waals surface area contributed by atoms with E-state index in [4.69, 9.17) is 0 Å². The number of hydrogen-bond acceptors (Lipinski definition) is 2. The van der Waals surface area contributed by atoms with Gasteiger partial charge in [-0.25, -0.2) is 0 Å². The van der Waals surface area contributed by atoms with Crippen LogP contribution in [-0.2, 0) is 0 Å². The average molecular weight is 369 g/mol. The Morgan fingerprint density at radius 1 is 1.11 bits per heavy atom. The Labute approximate surface area is 167 Å². The van der Waals surface area contributed by atoms with Crippen molar-refractivity contribution in [2.24, 2.45) is 5.41 Å². The molecule has 0 heterocycles. The van der Waals surface area contributed by atoms with Gasteiger partial charge in [0.15, 0.2) is 0 Å². The lowest BCUT2D eigenvalue weighted by molar-refractivity contribution is -0.255. The SMILES string of the molecule is Cc1ccc(C2=C(/C=C/C#Cc3ccccc3C(=O)[O-])C(C)(C)CCC2)cc1. The summed E-state index contributed by atoms with van der Waals surface area (Å²) in [4.78, 5) is 11.2. The lowest BCUT2D eigenvalue weighted by Gasteiger charge is -2.34. The van der Waals surface area contributed by atoms with Crippen LogP contribution in [0.15, 0.2) is 66.3 Å². The van der Waals surface area contributed by atoms with E-state index in [1.807, 2.05) is 6.08 Å². The normalized spacial score (nSPS) is 16.0. The highest BCUT2D eigenvalue weighted by Gasteiger charge is 2.28. The highest BCUT2D eigenvalue weighted by molar-refractivity contribution is 5.89. The fraction of sp³-hybridized carbons (Fsp3) is 0.269. The molecule has 0 saturated carbocycles. The first kappa shape index (κ1) is 19.7. The van der Waals surface area contributed by atoms with E-state index in [-0.39, 0.29) is 11.0 Å². The molecule has 0 aromatic heterocycles. The summed E-state index contributed by atoms with van der Waals surface area (Å²) in [6, 6.07) is 15.4. The highest BCUT2D eigenvalue weighted by atomic mass is 16.4. The smallest absolute Gasteiger partial charge is 0.0727 e. The van der Waals surface area contributed by atoms with Crippen LogP contribution in [-0.4, -0.2) is 5.97 Å². The van der Waals surface area contributed by atoms with Gasteiger partial charge in [-0.3, -0.25) is 0 Å². The van der Waals surface area contributed by atoms with Crippen LogP contribution in [0.2, 0.25) is 0 Å². The predicted molar refractivity (Wildman–Crippen MR) is 113 cm³/mol. The lowest BCUT2D eigenvalue weighted by atomic mass is 9.71. The molecule has 0 N–H and O–H groups in total. The van der Waals surface area contributed by atoms with Crippen LogP contribution in [0, 0.1) is 24.2 Å². The van der Waals surface area contributed by atoms with E-state index in [1.165, 1.54) is 34.8 Å². The summed E-state index contributed by atoms with van der Waals surface area (Å²) < 4.78 is 0. The van der Waals surface area contributed by atoms with Gasteiger partial charge in [-0.2, -0.15) is 0 Å². The van der Waals surface area contributed by atoms with Gasteiger partial charge in [0, 0.05) is 11.1 Å². The maximum absolute atomic E-state index is 11.2. The van der Waals surface area contributed by atoms with E-state index < -0.39 is 5.97 Å². The van der Waals surface area contributed by atoms with Crippen LogP contribution in [0.4, 0.5) is 0 Å². The van der Waals surface area contributed by atoms with Crippen molar-refractivity contribution in [2.45, 2.75) is 40.0 Å². The Hall–Kier alpha value is -3.05. The second kappa shape index (κ2) is 8.31. The van der Waals surface area contributed by atoms with E-state index in [0.29, 0.717) is 5.56 Å². The first-order chi connectivity index (χ1) is 13.4. The van der Waals surface area contributed by atoms with Gasteiger partial charge >= 0.3 is 0 Å². The second-order valence-electron chi connectivity index (χ2n) is 7.93. The minimum absolute atomic E-state index is 0.0829. The molecule has 0 saturated heterocycles. The molecule has 2 heteroatoms. The van der Waals surface area contributed by atoms with E-state index >= 15 is 0 Å². The zero-order valence-electron chi connectivity index (χ0n) is 16.7. The Bertz CT molecular complexity index is 993. The van der Waals surface area contributed by atoms with Crippen molar-refractivity contribution in [1.29, 1.82) is 0 Å². The van der Waals surface area contributed by atoms with Crippen LogP contribution < -0.4 is 5.11 Å². The standard InChI is InChI=1S/C26H26O2/c1-19-14-16-21(17-15-19)22-12-8-18-26(2,3)24(22)13-7-5-10-20-9-4-6-11-23(20)25(27)28/h4,6-7,9,11,13-17H,8,12,18H2,1-3H3,(H,27,28)/p-1/b13-7+. The van der Waals surface area contributed by atoms with Crippen molar-refractivity contribution in [1.82, 2.24) is 0 Å². The molecule has 0 bridgehead atoms. The minimum Gasteiger partial charge on any atom is -0.545 e. The summed E-state index contributed by atoms with van der Waals surface area (Å²) in [5.41, 5.74) is 5.90. The number of aryl methyl sites for hydroxylation is 1. The molecule has 3 rings (SSSR count). The molecule has 2 aromatic carbocycles. The molecule has 0 fully saturated rings. The average Bonchev–Trinajstić information content (AvgIpc) is 2.66. The maximum Gasteiger partial charge on any atom is 0.0727 e. The van der Waals surface area contributed by atoms with Crippen molar-refractivity contribution in [3.05, 3.63) is 88.5 Å². The van der Waals surface area contributed by atoms with Gasteiger partial charge in [0.1, 0.15) is 0 Å². The van der Waals surface area contributed by atoms with Crippen LogP contribution in [0.1, 0.15) is 60.2 Å². The summed E-state index contributed by atoms with van der Waals surface area (Å²) in [5.74, 6) is 4.75. The van der Waals surface area contributed by atoms with Crippen molar-refractivity contribution in [3.8, 4) is 11.8 Å². The Morgan fingerprint density at radius 3 is 2.54 bits per heavy atom. The van der Waals surface area contributed by atoms with Crippen molar-refractivity contribution in [3.63, 3.8) is 0 Å². The number of carbonyl (C=O) groups excluding carboxylic acids is 1. The third kappa shape index (κ3) is 4.43. The Balaban J connectivity index is 1.96. The summed E-state index contributed by atoms with van der Waals surface area (Å²) in [6.07, 6.45) is 7.32.